The Morgan fingerprint density at radius 2 is 2.19 bits per heavy atom. The Balaban J connectivity index is 2.04. The molecule has 1 saturated heterocycles. The molecule has 0 saturated carbocycles. The Kier molecular flexibility index (Phi) is 2.14. The molecule has 0 aromatic carbocycles. The number of nitrogens with zero attached hydrogens (tertiary/aromatic N) is 4. The number of rotatable bonds is 2. The first-order valence-electron chi connectivity index (χ1n) is 5.63. The van der Waals surface area contributed by atoms with Crippen LogP contribution in [0.3, 0.4) is 0 Å². The van der Waals surface area contributed by atoms with Gasteiger partial charge in [-0.2, -0.15) is 0 Å². The van der Waals surface area contributed by atoms with Crippen LogP contribution in [0.25, 0.3) is 5.78 Å². The highest BCUT2D eigenvalue weighted by Gasteiger charge is 2.20. The van der Waals surface area contributed by atoms with Crippen molar-refractivity contribution < 1.29 is 0 Å². The maximum absolute atomic E-state index is 4.38. The van der Waals surface area contributed by atoms with Gasteiger partial charge in [0.2, 0.25) is 0 Å². The fourth-order valence-corrected chi connectivity index (χ4v) is 2.18. The first kappa shape index (κ1) is 9.72. The number of aryl methyl sites for hydroxylation is 2. The Labute approximate surface area is 93.9 Å². The SMILES string of the molecule is Cc1cc(C)n2c(CC3CNC3)nnc2n1. The van der Waals surface area contributed by atoms with Crippen LogP contribution in [0.4, 0.5) is 0 Å². The van der Waals surface area contributed by atoms with Crippen LogP contribution < -0.4 is 5.32 Å². The standard InChI is InChI=1S/C11H15N5/c1-7-3-8(2)16-10(4-9-5-12-6-9)14-15-11(16)13-7/h3,9,12H,4-6H2,1-2H3. The van der Waals surface area contributed by atoms with Gasteiger partial charge in [0, 0.05) is 17.8 Å². The Hall–Kier alpha value is -1.49. The maximum atomic E-state index is 4.38. The van der Waals surface area contributed by atoms with Crippen molar-refractivity contribution in [3.8, 4) is 0 Å². The summed E-state index contributed by atoms with van der Waals surface area (Å²) in [7, 11) is 0. The van der Waals surface area contributed by atoms with Crippen molar-refractivity contribution in [3.63, 3.8) is 0 Å². The van der Waals surface area contributed by atoms with Gasteiger partial charge in [-0.3, -0.25) is 4.40 Å². The molecule has 2 aromatic heterocycles. The van der Waals surface area contributed by atoms with E-state index in [4.69, 9.17) is 0 Å². The van der Waals surface area contributed by atoms with E-state index in [2.05, 4.69) is 37.9 Å². The second kappa shape index (κ2) is 3.52. The van der Waals surface area contributed by atoms with Gasteiger partial charge in [0.25, 0.3) is 5.78 Å². The molecule has 0 radical (unpaired) electrons. The average Bonchev–Trinajstić information content (AvgIpc) is 2.54. The molecular formula is C11H15N5. The molecule has 3 heterocycles. The van der Waals surface area contributed by atoms with Crippen LogP contribution in [0.5, 0.6) is 0 Å². The molecule has 1 aliphatic heterocycles. The Morgan fingerprint density at radius 3 is 2.88 bits per heavy atom. The van der Waals surface area contributed by atoms with Crippen LogP contribution in [-0.4, -0.2) is 32.7 Å². The summed E-state index contributed by atoms with van der Waals surface area (Å²) in [6.07, 6.45) is 0.986. The summed E-state index contributed by atoms with van der Waals surface area (Å²) in [5.74, 6) is 2.46. The van der Waals surface area contributed by atoms with E-state index in [1.54, 1.807) is 0 Å². The summed E-state index contributed by atoms with van der Waals surface area (Å²) >= 11 is 0. The molecular weight excluding hydrogens is 202 g/mol. The lowest BCUT2D eigenvalue weighted by Crippen LogP contribution is -2.43. The molecule has 0 unspecified atom stereocenters. The van der Waals surface area contributed by atoms with Gasteiger partial charge in [0.05, 0.1) is 0 Å². The minimum absolute atomic E-state index is 0.702. The van der Waals surface area contributed by atoms with Crippen LogP contribution >= 0.6 is 0 Å². The van der Waals surface area contributed by atoms with Crippen molar-refractivity contribution in [1.82, 2.24) is 24.9 Å². The van der Waals surface area contributed by atoms with E-state index in [1.807, 2.05) is 6.92 Å². The van der Waals surface area contributed by atoms with Crippen molar-refractivity contribution in [2.45, 2.75) is 20.3 Å². The molecule has 2 aromatic rings. The van der Waals surface area contributed by atoms with E-state index in [0.29, 0.717) is 5.92 Å². The van der Waals surface area contributed by atoms with Gasteiger partial charge in [-0.25, -0.2) is 4.98 Å². The first-order chi connectivity index (χ1) is 7.74. The largest absolute Gasteiger partial charge is 0.316 e. The fourth-order valence-electron chi connectivity index (χ4n) is 2.18. The zero-order valence-corrected chi connectivity index (χ0v) is 9.56. The lowest BCUT2D eigenvalue weighted by Gasteiger charge is -2.26. The zero-order valence-electron chi connectivity index (χ0n) is 9.56. The summed E-state index contributed by atoms with van der Waals surface area (Å²) in [6.45, 7) is 6.24. The van der Waals surface area contributed by atoms with Crippen molar-refractivity contribution in [1.29, 1.82) is 0 Å². The number of hydrogen-bond donors (Lipinski definition) is 1. The summed E-state index contributed by atoms with van der Waals surface area (Å²) in [4.78, 5) is 4.38. The molecule has 1 N–H and O–H groups in total. The highest BCUT2D eigenvalue weighted by atomic mass is 15.3. The topological polar surface area (TPSA) is 55.1 Å². The van der Waals surface area contributed by atoms with Crippen LogP contribution in [0, 0.1) is 19.8 Å². The molecule has 5 heteroatoms. The lowest BCUT2D eigenvalue weighted by atomic mass is 9.99. The summed E-state index contributed by atoms with van der Waals surface area (Å²) in [5, 5.41) is 11.6. The van der Waals surface area contributed by atoms with Crippen molar-refractivity contribution in [3.05, 3.63) is 23.3 Å². The Morgan fingerprint density at radius 1 is 1.38 bits per heavy atom. The predicted octanol–water partition coefficient (Wildman–Crippen LogP) is 0.503. The normalized spacial score (nSPS) is 16.6. The second-order valence-electron chi connectivity index (χ2n) is 4.52. The fraction of sp³-hybridized carbons (Fsp3) is 0.545. The molecule has 1 fully saturated rings. The van der Waals surface area contributed by atoms with Crippen LogP contribution in [0.2, 0.25) is 0 Å². The molecule has 3 rings (SSSR count). The van der Waals surface area contributed by atoms with Crippen LogP contribution in [0.15, 0.2) is 6.07 Å². The van der Waals surface area contributed by atoms with Crippen LogP contribution in [-0.2, 0) is 6.42 Å². The zero-order chi connectivity index (χ0) is 11.1. The van der Waals surface area contributed by atoms with Gasteiger partial charge < -0.3 is 5.32 Å². The van der Waals surface area contributed by atoms with Crippen molar-refractivity contribution in [2.75, 3.05) is 13.1 Å². The third kappa shape index (κ3) is 1.48. The number of aromatic nitrogens is 4. The van der Waals surface area contributed by atoms with E-state index in [-0.39, 0.29) is 0 Å². The first-order valence-corrected chi connectivity index (χ1v) is 5.63. The van der Waals surface area contributed by atoms with Crippen molar-refractivity contribution in [2.24, 2.45) is 5.92 Å². The molecule has 84 valence electrons. The van der Waals surface area contributed by atoms with Gasteiger partial charge in [0.1, 0.15) is 5.82 Å². The Bertz CT molecular complexity index is 526. The molecule has 0 aliphatic carbocycles. The highest BCUT2D eigenvalue weighted by molar-refractivity contribution is 5.32. The summed E-state index contributed by atoms with van der Waals surface area (Å²) < 4.78 is 2.06. The molecule has 0 amide bonds. The molecule has 0 spiro atoms. The number of nitrogens with one attached hydrogen (secondary N) is 1. The smallest absolute Gasteiger partial charge is 0.255 e. The van der Waals surface area contributed by atoms with E-state index < -0.39 is 0 Å². The highest BCUT2D eigenvalue weighted by Crippen LogP contribution is 2.14. The molecule has 0 bridgehead atoms. The van der Waals surface area contributed by atoms with Gasteiger partial charge in [0.15, 0.2) is 0 Å². The molecule has 16 heavy (non-hydrogen) atoms. The predicted molar refractivity (Wildman–Crippen MR) is 60.3 cm³/mol. The maximum Gasteiger partial charge on any atom is 0.255 e. The summed E-state index contributed by atoms with van der Waals surface area (Å²) in [6, 6.07) is 2.07. The number of fused-ring (bicyclic) bond motifs is 1. The van der Waals surface area contributed by atoms with E-state index in [9.17, 15) is 0 Å². The average molecular weight is 217 g/mol. The quantitative estimate of drug-likeness (QED) is 0.796. The minimum Gasteiger partial charge on any atom is -0.316 e. The van der Waals surface area contributed by atoms with E-state index >= 15 is 0 Å². The van der Waals surface area contributed by atoms with Gasteiger partial charge >= 0.3 is 0 Å². The summed E-state index contributed by atoms with van der Waals surface area (Å²) in [5.41, 5.74) is 2.16. The lowest BCUT2D eigenvalue weighted by molar-refractivity contribution is 0.340. The third-order valence-electron chi connectivity index (χ3n) is 3.10. The molecule has 5 nitrogen and oxygen atoms in total. The van der Waals surface area contributed by atoms with Crippen molar-refractivity contribution >= 4 is 5.78 Å². The van der Waals surface area contributed by atoms with Gasteiger partial charge in [-0.15, -0.1) is 10.2 Å². The third-order valence-corrected chi connectivity index (χ3v) is 3.10. The minimum atomic E-state index is 0.702. The second-order valence-corrected chi connectivity index (χ2v) is 4.52. The molecule has 1 aliphatic rings. The van der Waals surface area contributed by atoms with Gasteiger partial charge in [-0.05, 0) is 38.9 Å². The van der Waals surface area contributed by atoms with E-state index in [1.165, 1.54) is 0 Å². The van der Waals surface area contributed by atoms with Gasteiger partial charge in [-0.1, -0.05) is 0 Å². The number of hydrogen-bond acceptors (Lipinski definition) is 4. The monoisotopic (exact) mass is 217 g/mol. The molecule has 0 atom stereocenters. The van der Waals surface area contributed by atoms with E-state index in [0.717, 1.165) is 42.5 Å². The van der Waals surface area contributed by atoms with Crippen LogP contribution in [0.1, 0.15) is 17.2 Å².